The molecule has 1 aromatic heterocycles. The van der Waals surface area contributed by atoms with Crippen molar-refractivity contribution in [3.63, 3.8) is 0 Å². The number of nitriles is 1. The molecular formula is C17H14N2O2. The second-order valence-corrected chi connectivity index (χ2v) is 5.01. The Morgan fingerprint density at radius 1 is 1.29 bits per heavy atom. The van der Waals surface area contributed by atoms with Gasteiger partial charge in [0.05, 0.1) is 0 Å². The molecule has 1 heterocycles. The maximum Gasteiger partial charge on any atom is 0.163 e. The zero-order chi connectivity index (χ0) is 14.7. The Morgan fingerprint density at radius 2 is 2.19 bits per heavy atom. The molecule has 0 fully saturated rings. The van der Waals surface area contributed by atoms with Crippen LogP contribution >= 0.6 is 0 Å². The molecule has 0 unspecified atom stereocenters. The van der Waals surface area contributed by atoms with Crippen LogP contribution in [-0.4, -0.2) is 10.8 Å². The number of ether oxygens (including phenoxy) is 1. The lowest BCUT2D eigenvalue weighted by atomic mass is 9.90. The van der Waals surface area contributed by atoms with E-state index in [2.05, 4.69) is 4.98 Å². The fourth-order valence-corrected chi connectivity index (χ4v) is 2.57. The molecular weight excluding hydrogens is 264 g/mol. The van der Waals surface area contributed by atoms with E-state index in [1.54, 1.807) is 12.3 Å². The molecule has 0 saturated heterocycles. The first-order valence-electron chi connectivity index (χ1n) is 6.91. The Morgan fingerprint density at radius 3 is 3.05 bits per heavy atom. The zero-order valence-electron chi connectivity index (χ0n) is 11.5. The van der Waals surface area contributed by atoms with Crippen LogP contribution in [0.1, 0.15) is 40.0 Å². The third-order valence-corrected chi connectivity index (χ3v) is 3.60. The van der Waals surface area contributed by atoms with Crippen LogP contribution in [0.4, 0.5) is 0 Å². The molecule has 0 N–H and O–H groups in total. The second-order valence-electron chi connectivity index (χ2n) is 5.01. The molecule has 1 aliphatic rings. The quantitative estimate of drug-likeness (QED) is 0.865. The summed E-state index contributed by atoms with van der Waals surface area (Å²) in [7, 11) is 0. The fraction of sp³-hybridized carbons (Fsp3) is 0.235. The molecule has 4 heteroatoms. The lowest BCUT2D eigenvalue weighted by Crippen LogP contribution is -2.12. The molecule has 1 aromatic carbocycles. The number of carbonyl (C=O) groups is 1. The minimum Gasteiger partial charge on any atom is -0.489 e. The monoisotopic (exact) mass is 278 g/mol. The van der Waals surface area contributed by atoms with Gasteiger partial charge >= 0.3 is 0 Å². The van der Waals surface area contributed by atoms with E-state index in [1.807, 2.05) is 30.3 Å². The first-order valence-corrected chi connectivity index (χ1v) is 6.91. The largest absolute Gasteiger partial charge is 0.489 e. The summed E-state index contributed by atoms with van der Waals surface area (Å²) in [6.45, 7) is 0.363. The van der Waals surface area contributed by atoms with Crippen molar-refractivity contribution in [2.75, 3.05) is 0 Å². The SMILES string of the molecule is N#Cc1cc(COc2cccc3c2CCCC3=O)ccn1. The van der Waals surface area contributed by atoms with Crippen molar-refractivity contribution in [2.45, 2.75) is 25.9 Å². The van der Waals surface area contributed by atoms with Crippen molar-refractivity contribution >= 4 is 5.78 Å². The number of benzene rings is 1. The van der Waals surface area contributed by atoms with Gasteiger partial charge in [-0.25, -0.2) is 4.98 Å². The van der Waals surface area contributed by atoms with Crippen LogP contribution in [0.2, 0.25) is 0 Å². The number of ketones is 1. The highest BCUT2D eigenvalue weighted by Crippen LogP contribution is 2.30. The summed E-state index contributed by atoms with van der Waals surface area (Å²) in [4.78, 5) is 15.8. The van der Waals surface area contributed by atoms with Crippen molar-refractivity contribution in [1.29, 1.82) is 5.26 Å². The number of fused-ring (bicyclic) bond motifs is 1. The van der Waals surface area contributed by atoms with Gasteiger partial charge in [-0.3, -0.25) is 4.79 Å². The predicted molar refractivity (Wildman–Crippen MR) is 77.0 cm³/mol. The van der Waals surface area contributed by atoms with E-state index in [4.69, 9.17) is 10.00 Å². The van der Waals surface area contributed by atoms with E-state index in [9.17, 15) is 4.79 Å². The molecule has 1 aliphatic carbocycles. The maximum atomic E-state index is 11.9. The fourth-order valence-electron chi connectivity index (χ4n) is 2.57. The summed E-state index contributed by atoms with van der Waals surface area (Å²) in [5.74, 6) is 0.952. The number of pyridine rings is 1. The Bertz CT molecular complexity index is 732. The molecule has 0 amide bonds. The molecule has 0 bridgehead atoms. The Labute approximate surface area is 123 Å². The van der Waals surface area contributed by atoms with Crippen LogP contribution in [-0.2, 0) is 13.0 Å². The molecule has 0 spiro atoms. The van der Waals surface area contributed by atoms with E-state index < -0.39 is 0 Å². The van der Waals surface area contributed by atoms with Crippen molar-refractivity contribution < 1.29 is 9.53 Å². The third kappa shape index (κ3) is 2.77. The van der Waals surface area contributed by atoms with Gasteiger partial charge in [0.15, 0.2) is 5.78 Å². The van der Waals surface area contributed by atoms with E-state index in [0.717, 1.165) is 35.3 Å². The molecule has 2 aromatic rings. The van der Waals surface area contributed by atoms with Crippen LogP contribution in [0.5, 0.6) is 5.75 Å². The average Bonchev–Trinajstić information content (AvgIpc) is 2.53. The molecule has 0 atom stereocenters. The molecule has 0 saturated carbocycles. The van der Waals surface area contributed by atoms with Crippen molar-refractivity contribution in [1.82, 2.24) is 4.98 Å². The second kappa shape index (κ2) is 5.76. The summed E-state index contributed by atoms with van der Waals surface area (Å²) >= 11 is 0. The summed E-state index contributed by atoms with van der Waals surface area (Å²) < 4.78 is 5.85. The van der Waals surface area contributed by atoms with Gasteiger partial charge in [0.25, 0.3) is 0 Å². The van der Waals surface area contributed by atoms with Crippen LogP contribution < -0.4 is 4.74 Å². The highest BCUT2D eigenvalue weighted by molar-refractivity contribution is 5.99. The normalized spacial score (nSPS) is 13.4. The molecule has 4 nitrogen and oxygen atoms in total. The number of rotatable bonds is 3. The van der Waals surface area contributed by atoms with Crippen LogP contribution in [0, 0.1) is 11.3 Å². The molecule has 3 rings (SSSR count). The number of hydrogen-bond donors (Lipinski definition) is 0. The van der Waals surface area contributed by atoms with E-state index >= 15 is 0 Å². The number of aromatic nitrogens is 1. The number of hydrogen-bond acceptors (Lipinski definition) is 4. The smallest absolute Gasteiger partial charge is 0.163 e. The van der Waals surface area contributed by atoms with Gasteiger partial charge in [-0.05, 0) is 36.6 Å². The Kier molecular flexibility index (Phi) is 3.65. The van der Waals surface area contributed by atoms with E-state index in [0.29, 0.717) is 18.7 Å². The third-order valence-electron chi connectivity index (χ3n) is 3.60. The minimum absolute atomic E-state index is 0.192. The Balaban J connectivity index is 1.81. The number of Topliss-reactive ketones (excluding diaryl/α,β-unsaturated/α-hetero) is 1. The number of carbonyl (C=O) groups excluding carboxylic acids is 1. The zero-order valence-corrected chi connectivity index (χ0v) is 11.5. The van der Waals surface area contributed by atoms with Gasteiger partial charge in [-0.15, -0.1) is 0 Å². The van der Waals surface area contributed by atoms with E-state index in [-0.39, 0.29) is 5.78 Å². The van der Waals surface area contributed by atoms with E-state index in [1.165, 1.54) is 0 Å². The van der Waals surface area contributed by atoms with Gasteiger partial charge in [-0.1, -0.05) is 12.1 Å². The highest BCUT2D eigenvalue weighted by Gasteiger charge is 2.20. The van der Waals surface area contributed by atoms with Crippen LogP contribution in [0.3, 0.4) is 0 Å². The van der Waals surface area contributed by atoms with Crippen molar-refractivity contribution in [3.8, 4) is 11.8 Å². The highest BCUT2D eigenvalue weighted by atomic mass is 16.5. The predicted octanol–water partition coefficient (Wildman–Crippen LogP) is 3.05. The van der Waals surface area contributed by atoms with Gasteiger partial charge in [0.2, 0.25) is 0 Å². The van der Waals surface area contributed by atoms with Gasteiger partial charge in [-0.2, -0.15) is 5.26 Å². The molecule has 0 radical (unpaired) electrons. The lowest BCUT2D eigenvalue weighted by molar-refractivity contribution is 0.0971. The van der Waals surface area contributed by atoms with Gasteiger partial charge in [0, 0.05) is 23.7 Å². The maximum absolute atomic E-state index is 11.9. The topological polar surface area (TPSA) is 63.0 Å². The first-order chi connectivity index (χ1) is 10.3. The Hall–Kier alpha value is -2.67. The standard InChI is InChI=1S/C17H14N2O2/c18-10-13-9-12(7-8-19-13)11-21-17-6-2-3-14-15(17)4-1-5-16(14)20/h2-3,6-9H,1,4-5,11H2. The lowest BCUT2D eigenvalue weighted by Gasteiger charge is -2.18. The average molecular weight is 278 g/mol. The molecule has 0 aliphatic heterocycles. The van der Waals surface area contributed by atoms with Crippen molar-refractivity contribution in [2.24, 2.45) is 0 Å². The molecule has 104 valence electrons. The van der Waals surface area contributed by atoms with Crippen molar-refractivity contribution in [3.05, 3.63) is 58.9 Å². The first kappa shape index (κ1) is 13.3. The van der Waals surface area contributed by atoms with Gasteiger partial charge < -0.3 is 4.74 Å². The minimum atomic E-state index is 0.192. The number of nitrogens with zero attached hydrogens (tertiary/aromatic N) is 2. The summed E-state index contributed by atoms with van der Waals surface area (Å²) in [6, 6.07) is 11.1. The summed E-state index contributed by atoms with van der Waals surface area (Å²) in [5.41, 5.74) is 3.05. The molecule has 21 heavy (non-hydrogen) atoms. The van der Waals surface area contributed by atoms with Crippen LogP contribution in [0.25, 0.3) is 0 Å². The summed E-state index contributed by atoms with van der Waals surface area (Å²) in [5, 5.41) is 8.84. The van der Waals surface area contributed by atoms with Crippen LogP contribution in [0.15, 0.2) is 36.5 Å². The summed E-state index contributed by atoms with van der Waals surface area (Å²) in [6.07, 6.45) is 3.96. The van der Waals surface area contributed by atoms with Gasteiger partial charge in [0.1, 0.15) is 24.1 Å².